The van der Waals surface area contributed by atoms with Crippen molar-refractivity contribution in [1.29, 1.82) is 0 Å². The summed E-state index contributed by atoms with van der Waals surface area (Å²) >= 11 is 0. The summed E-state index contributed by atoms with van der Waals surface area (Å²) < 4.78 is 11.2. The van der Waals surface area contributed by atoms with E-state index in [1.54, 1.807) is 19.3 Å². The Bertz CT molecular complexity index is 863. The predicted octanol–water partition coefficient (Wildman–Crippen LogP) is 4.48. The lowest BCUT2D eigenvalue weighted by Gasteiger charge is -2.13. The second-order valence-electron chi connectivity index (χ2n) is 7.24. The summed E-state index contributed by atoms with van der Waals surface area (Å²) in [7, 11) is 1.57. The molecule has 0 aromatic heterocycles. The number of carbonyl (C=O) groups is 2. The first-order chi connectivity index (χ1) is 15.0. The lowest BCUT2D eigenvalue weighted by molar-refractivity contribution is -0.141. The number of ether oxygens (including phenoxy) is 2. The van der Waals surface area contributed by atoms with E-state index in [1.165, 1.54) is 18.9 Å². The first-order valence-corrected chi connectivity index (χ1v) is 10.6. The Morgan fingerprint density at radius 3 is 2.52 bits per heavy atom. The fourth-order valence-corrected chi connectivity index (χ4v) is 3.06. The lowest BCUT2D eigenvalue weighted by atomic mass is 10.1. The average molecular weight is 426 g/mol. The third kappa shape index (κ3) is 8.54. The molecule has 0 saturated heterocycles. The number of amides is 1. The SMILES string of the molecule is CCCCCCOc1ccc(/C=C/C(=O)N[C@H](Cc2ccccc2)C(=O)O)cc1OC. The van der Waals surface area contributed by atoms with Crippen LogP contribution in [0.5, 0.6) is 11.5 Å². The molecule has 0 unspecified atom stereocenters. The van der Waals surface area contributed by atoms with Crippen LogP contribution in [0, 0.1) is 0 Å². The van der Waals surface area contributed by atoms with Crippen LogP contribution < -0.4 is 14.8 Å². The lowest BCUT2D eigenvalue weighted by Crippen LogP contribution is -2.41. The fraction of sp³-hybridized carbons (Fsp3) is 0.360. The van der Waals surface area contributed by atoms with E-state index in [0.29, 0.717) is 18.1 Å². The van der Waals surface area contributed by atoms with E-state index in [4.69, 9.17) is 9.47 Å². The highest BCUT2D eigenvalue weighted by Crippen LogP contribution is 2.28. The van der Waals surface area contributed by atoms with Gasteiger partial charge in [0.1, 0.15) is 6.04 Å². The van der Waals surface area contributed by atoms with E-state index < -0.39 is 17.9 Å². The number of carboxylic acid groups (broad SMARTS) is 1. The monoisotopic (exact) mass is 425 g/mol. The van der Waals surface area contributed by atoms with Gasteiger partial charge in [0.15, 0.2) is 11.5 Å². The molecule has 6 nitrogen and oxygen atoms in total. The van der Waals surface area contributed by atoms with Crippen molar-refractivity contribution in [3.63, 3.8) is 0 Å². The van der Waals surface area contributed by atoms with Gasteiger partial charge in [0.05, 0.1) is 13.7 Å². The van der Waals surface area contributed by atoms with Crippen molar-refractivity contribution < 1.29 is 24.2 Å². The van der Waals surface area contributed by atoms with E-state index in [1.807, 2.05) is 42.5 Å². The molecule has 6 heteroatoms. The number of nitrogens with one attached hydrogen (secondary N) is 1. The Hall–Kier alpha value is -3.28. The molecule has 2 aromatic rings. The molecule has 31 heavy (non-hydrogen) atoms. The molecule has 1 atom stereocenters. The number of hydrogen-bond donors (Lipinski definition) is 2. The maximum Gasteiger partial charge on any atom is 0.326 e. The molecule has 0 spiro atoms. The second kappa shape index (κ2) is 13.1. The largest absolute Gasteiger partial charge is 0.493 e. The number of unbranched alkanes of at least 4 members (excludes halogenated alkanes) is 3. The molecule has 0 aliphatic heterocycles. The molecule has 166 valence electrons. The third-order valence-corrected chi connectivity index (χ3v) is 4.77. The Balaban J connectivity index is 1.94. The maximum atomic E-state index is 12.3. The number of methoxy groups -OCH3 is 1. The van der Waals surface area contributed by atoms with Crippen LogP contribution in [0.2, 0.25) is 0 Å². The van der Waals surface area contributed by atoms with Crippen molar-refractivity contribution in [3.05, 3.63) is 65.7 Å². The second-order valence-corrected chi connectivity index (χ2v) is 7.24. The molecule has 0 fully saturated rings. The maximum absolute atomic E-state index is 12.3. The number of carbonyl (C=O) groups excluding carboxylic acids is 1. The molecular weight excluding hydrogens is 394 g/mol. The number of aliphatic carboxylic acids is 1. The first kappa shape index (κ1) is 24.0. The fourth-order valence-electron chi connectivity index (χ4n) is 3.06. The predicted molar refractivity (Wildman–Crippen MR) is 121 cm³/mol. The van der Waals surface area contributed by atoms with Crippen molar-refractivity contribution in [2.24, 2.45) is 0 Å². The summed E-state index contributed by atoms with van der Waals surface area (Å²) in [4.78, 5) is 23.8. The summed E-state index contributed by atoms with van der Waals surface area (Å²) in [5, 5.41) is 12.0. The normalized spacial score (nSPS) is 11.8. The highest BCUT2D eigenvalue weighted by Gasteiger charge is 2.19. The number of hydrogen-bond acceptors (Lipinski definition) is 4. The molecule has 1 amide bonds. The highest BCUT2D eigenvalue weighted by atomic mass is 16.5. The first-order valence-electron chi connectivity index (χ1n) is 10.6. The molecule has 2 rings (SSSR count). The third-order valence-electron chi connectivity index (χ3n) is 4.77. The molecule has 0 radical (unpaired) electrons. The Morgan fingerprint density at radius 2 is 1.84 bits per heavy atom. The van der Waals surface area contributed by atoms with E-state index in [0.717, 1.165) is 24.0 Å². The topological polar surface area (TPSA) is 84.9 Å². The molecular formula is C25H31NO5. The van der Waals surface area contributed by atoms with Crippen LogP contribution in [0.1, 0.15) is 43.7 Å². The summed E-state index contributed by atoms with van der Waals surface area (Å²) in [5.41, 5.74) is 1.59. The van der Waals surface area contributed by atoms with Gasteiger partial charge in [0, 0.05) is 12.5 Å². The Labute approximate surface area is 183 Å². The summed E-state index contributed by atoms with van der Waals surface area (Å²) in [6, 6.07) is 13.6. The van der Waals surface area contributed by atoms with Gasteiger partial charge in [0.2, 0.25) is 5.91 Å². The van der Waals surface area contributed by atoms with E-state index >= 15 is 0 Å². The standard InChI is InChI=1S/C25H31NO5/c1-3-4-5-9-16-31-22-14-12-20(18-23(22)30-2)13-15-24(27)26-21(25(28)29)17-19-10-7-6-8-11-19/h6-8,10-15,18,21H,3-5,9,16-17H2,1-2H3,(H,26,27)(H,28,29)/b15-13+/t21-/m1/s1. The van der Waals surface area contributed by atoms with E-state index in [9.17, 15) is 14.7 Å². The Kier molecular flexibility index (Phi) is 10.1. The zero-order chi connectivity index (χ0) is 22.5. The molecule has 2 N–H and O–H groups in total. The van der Waals surface area contributed by atoms with Gasteiger partial charge in [0.25, 0.3) is 0 Å². The van der Waals surface area contributed by atoms with Crippen molar-refractivity contribution in [3.8, 4) is 11.5 Å². The quantitative estimate of drug-likeness (QED) is 0.365. The minimum atomic E-state index is -1.08. The van der Waals surface area contributed by atoms with Crippen molar-refractivity contribution in [2.45, 2.75) is 45.1 Å². The average Bonchev–Trinajstić information content (AvgIpc) is 2.78. The molecule has 0 bridgehead atoms. The number of benzene rings is 2. The summed E-state index contributed by atoms with van der Waals surface area (Å²) in [6.07, 6.45) is 7.65. The van der Waals surface area contributed by atoms with Gasteiger partial charge < -0.3 is 19.9 Å². The van der Waals surface area contributed by atoms with Crippen LogP contribution in [0.15, 0.2) is 54.6 Å². The molecule has 0 aliphatic carbocycles. The van der Waals surface area contributed by atoms with Crippen LogP contribution in [-0.2, 0) is 16.0 Å². The molecule has 2 aromatic carbocycles. The number of rotatable bonds is 13. The van der Waals surface area contributed by atoms with Crippen LogP contribution in [-0.4, -0.2) is 36.7 Å². The van der Waals surface area contributed by atoms with Gasteiger partial charge >= 0.3 is 5.97 Å². The van der Waals surface area contributed by atoms with Crippen LogP contribution >= 0.6 is 0 Å². The summed E-state index contributed by atoms with van der Waals surface area (Å²) in [5.74, 6) is -0.300. The number of carboxylic acids is 1. The molecule has 0 saturated carbocycles. The Morgan fingerprint density at radius 1 is 1.06 bits per heavy atom. The van der Waals surface area contributed by atoms with Gasteiger partial charge in [-0.3, -0.25) is 4.79 Å². The molecule has 0 heterocycles. The van der Waals surface area contributed by atoms with Crippen molar-refractivity contribution in [2.75, 3.05) is 13.7 Å². The van der Waals surface area contributed by atoms with Crippen molar-refractivity contribution >= 4 is 18.0 Å². The highest BCUT2D eigenvalue weighted by molar-refractivity contribution is 5.94. The van der Waals surface area contributed by atoms with Gasteiger partial charge in [-0.05, 0) is 35.8 Å². The van der Waals surface area contributed by atoms with Gasteiger partial charge in [-0.1, -0.05) is 62.6 Å². The van der Waals surface area contributed by atoms with E-state index in [2.05, 4.69) is 12.2 Å². The van der Waals surface area contributed by atoms with Crippen molar-refractivity contribution in [1.82, 2.24) is 5.32 Å². The van der Waals surface area contributed by atoms with Gasteiger partial charge in [-0.15, -0.1) is 0 Å². The van der Waals surface area contributed by atoms with Crippen LogP contribution in [0.4, 0.5) is 0 Å². The minimum absolute atomic E-state index is 0.216. The zero-order valence-corrected chi connectivity index (χ0v) is 18.2. The van der Waals surface area contributed by atoms with Crippen LogP contribution in [0.3, 0.4) is 0 Å². The zero-order valence-electron chi connectivity index (χ0n) is 18.2. The molecule has 0 aliphatic rings. The van der Waals surface area contributed by atoms with E-state index in [-0.39, 0.29) is 6.42 Å². The summed E-state index contributed by atoms with van der Waals surface area (Å²) in [6.45, 7) is 2.80. The smallest absolute Gasteiger partial charge is 0.326 e. The minimum Gasteiger partial charge on any atom is -0.493 e. The van der Waals surface area contributed by atoms with Crippen LogP contribution in [0.25, 0.3) is 6.08 Å². The van der Waals surface area contributed by atoms with Gasteiger partial charge in [-0.25, -0.2) is 4.79 Å². The van der Waals surface area contributed by atoms with Gasteiger partial charge in [-0.2, -0.15) is 0 Å².